The van der Waals surface area contributed by atoms with E-state index < -0.39 is 9.92 Å². The summed E-state index contributed by atoms with van der Waals surface area (Å²) in [5.74, 6) is -0.573. The summed E-state index contributed by atoms with van der Waals surface area (Å²) in [7, 11) is 2.32. The highest BCUT2D eigenvalue weighted by Crippen LogP contribution is 2.25. The summed E-state index contributed by atoms with van der Waals surface area (Å²) in [6.45, 7) is 5.85. The first-order valence-corrected chi connectivity index (χ1v) is 11.4. The molecule has 1 heterocycles. The molecule has 168 valence electrons. The number of fused-ring (bicyclic) bond motifs is 1. The van der Waals surface area contributed by atoms with Crippen LogP contribution in [0.2, 0.25) is 0 Å². The Labute approximate surface area is 189 Å². The molecule has 1 aliphatic rings. The van der Waals surface area contributed by atoms with E-state index in [0.717, 1.165) is 5.56 Å². The molecular formula is C22H28ClN3O4S. The van der Waals surface area contributed by atoms with Gasteiger partial charge in [0.2, 0.25) is 0 Å². The summed E-state index contributed by atoms with van der Waals surface area (Å²) < 4.78 is 22.8. The van der Waals surface area contributed by atoms with Gasteiger partial charge in [-0.05, 0) is 50.6 Å². The minimum Gasteiger partial charge on any atom is -0.273 e. The van der Waals surface area contributed by atoms with E-state index in [0.29, 0.717) is 16.0 Å². The lowest BCUT2D eigenvalue weighted by molar-refractivity contribution is 0.0642. The number of rotatable bonds is 4. The molecule has 0 fully saturated rings. The maximum atomic E-state index is 12.8. The van der Waals surface area contributed by atoms with E-state index >= 15 is 0 Å². The van der Waals surface area contributed by atoms with Gasteiger partial charge < -0.3 is 0 Å². The van der Waals surface area contributed by atoms with E-state index in [-0.39, 0.29) is 24.0 Å². The third-order valence-corrected chi connectivity index (χ3v) is 7.26. The first-order valence-electron chi connectivity index (χ1n) is 9.61. The van der Waals surface area contributed by atoms with Crippen molar-refractivity contribution in [3.05, 3.63) is 65.2 Å². The lowest BCUT2D eigenvalue weighted by atomic mass is 10.1. The van der Waals surface area contributed by atoms with E-state index in [1.165, 1.54) is 11.9 Å². The van der Waals surface area contributed by atoms with E-state index in [4.69, 9.17) is 11.9 Å². The molecule has 2 amide bonds. The molecule has 9 heteroatoms. The van der Waals surface area contributed by atoms with Crippen LogP contribution in [0.3, 0.4) is 0 Å². The molecule has 0 saturated heterocycles. The fourth-order valence-electron chi connectivity index (χ4n) is 2.82. The molecule has 2 aromatic carbocycles. The number of hydrogen-bond donors (Lipinski definition) is 0. The molecule has 1 unspecified atom stereocenters. The maximum absolute atomic E-state index is 12.8. The highest BCUT2D eigenvalue weighted by molar-refractivity contribution is 7.91. The number of hydrogen-bond acceptors (Lipinski definition) is 5. The monoisotopic (exact) mass is 465 g/mol. The lowest BCUT2D eigenvalue weighted by Gasteiger charge is -2.18. The van der Waals surface area contributed by atoms with Gasteiger partial charge in [0.25, 0.3) is 11.8 Å². The lowest BCUT2D eigenvalue weighted by Crippen LogP contribution is -2.29. The summed E-state index contributed by atoms with van der Waals surface area (Å²) in [6, 6.07) is 13.8. The van der Waals surface area contributed by atoms with Crippen LogP contribution >= 0.6 is 11.9 Å². The average Bonchev–Trinajstić information content (AvgIpc) is 2.98. The van der Waals surface area contributed by atoms with E-state index in [9.17, 15) is 13.8 Å². The SMILES string of the molecule is CC(C)(C)OCl.CN=S(=O)(c1ccc(CN2C(=O)c3ccccc3C2=O)cc1)N(C)C. The molecule has 0 aromatic heterocycles. The van der Waals surface area contributed by atoms with Gasteiger partial charge in [-0.25, -0.2) is 12.9 Å². The maximum Gasteiger partial charge on any atom is 0.261 e. The van der Waals surface area contributed by atoms with Crippen molar-refractivity contribution in [2.75, 3.05) is 21.1 Å². The zero-order valence-corrected chi connectivity index (χ0v) is 20.2. The van der Waals surface area contributed by atoms with Crippen molar-refractivity contribution in [1.29, 1.82) is 0 Å². The number of halogens is 1. The molecule has 31 heavy (non-hydrogen) atoms. The van der Waals surface area contributed by atoms with Gasteiger partial charge in [0.1, 0.15) is 9.92 Å². The second kappa shape index (κ2) is 9.91. The van der Waals surface area contributed by atoms with Crippen LogP contribution in [0, 0.1) is 0 Å². The minimum absolute atomic E-state index is 0.180. The van der Waals surface area contributed by atoms with Crippen LogP contribution in [0.5, 0.6) is 0 Å². The van der Waals surface area contributed by atoms with Gasteiger partial charge in [-0.1, -0.05) is 24.3 Å². The molecule has 0 N–H and O–H groups in total. The van der Waals surface area contributed by atoms with Crippen molar-refractivity contribution in [2.45, 2.75) is 37.8 Å². The highest BCUT2D eigenvalue weighted by atomic mass is 35.5. The average molecular weight is 466 g/mol. The number of nitrogens with zero attached hydrogens (tertiary/aromatic N) is 3. The Morgan fingerprint density at radius 1 is 1.00 bits per heavy atom. The summed E-state index contributed by atoms with van der Waals surface area (Å²) in [6.07, 6.45) is 0. The van der Waals surface area contributed by atoms with Crippen molar-refractivity contribution >= 4 is 33.6 Å². The molecular weight excluding hydrogens is 438 g/mol. The molecule has 0 spiro atoms. The van der Waals surface area contributed by atoms with Crippen LogP contribution in [-0.4, -0.2) is 52.0 Å². The Morgan fingerprint density at radius 2 is 1.45 bits per heavy atom. The fraction of sp³-hybridized carbons (Fsp3) is 0.364. The molecule has 3 rings (SSSR count). The Morgan fingerprint density at radius 3 is 1.81 bits per heavy atom. The quantitative estimate of drug-likeness (QED) is 0.628. The zero-order chi connectivity index (χ0) is 23.4. The summed E-state index contributed by atoms with van der Waals surface area (Å²) in [5.41, 5.74) is 1.46. The predicted octanol–water partition coefficient (Wildman–Crippen LogP) is 4.37. The number of imide groups is 1. The zero-order valence-electron chi connectivity index (χ0n) is 18.6. The van der Waals surface area contributed by atoms with Crippen LogP contribution in [0.4, 0.5) is 0 Å². The molecule has 1 atom stereocenters. The van der Waals surface area contributed by atoms with Crippen LogP contribution in [0.25, 0.3) is 0 Å². The molecule has 0 saturated carbocycles. The first kappa shape index (κ1) is 25.0. The topological polar surface area (TPSA) is 79.3 Å². The molecule has 2 aromatic rings. The largest absolute Gasteiger partial charge is 0.273 e. The predicted molar refractivity (Wildman–Crippen MR) is 122 cm³/mol. The third kappa shape index (κ3) is 5.71. The molecule has 0 radical (unpaired) electrons. The molecule has 7 nitrogen and oxygen atoms in total. The Hall–Kier alpha value is -2.26. The number of carbonyl (C=O) groups excluding carboxylic acids is 2. The van der Waals surface area contributed by atoms with E-state index in [1.807, 2.05) is 20.8 Å². The Bertz CT molecular complexity index is 1030. The van der Waals surface area contributed by atoms with E-state index in [1.54, 1.807) is 66.9 Å². The van der Waals surface area contributed by atoms with Gasteiger partial charge in [-0.3, -0.25) is 18.8 Å². The second-order valence-corrected chi connectivity index (χ2v) is 10.8. The fourth-order valence-corrected chi connectivity index (χ4v) is 4.27. The van der Waals surface area contributed by atoms with Gasteiger partial charge >= 0.3 is 0 Å². The normalized spacial score (nSPS) is 15.3. The standard InChI is InChI=1S/C18H19N3O3S.C4H9ClO/c1-19-25(24,20(2)3)14-10-8-13(9-11-14)12-21-17(22)15-6-4-5-7-16(15)18(21)23;1-4(2,3)6-5/h4-11H,12H2,1-3H3;1-3H3. The Kier molecular flexibility index (Phi) is 7.99. The Balaban J connectivity index is 0.000000501. The molecule has 0 aliphatic carbocycles. The number of amides is 2. The first-order chi connectivity index (χ1) is 14.4. The minimum atomic E-state index is -2.62. The highest BCUT2D eigenvalue weighted by Gasteiger charge is 2.34. The van der Waals surface area contributed by atoms with Crippen LogP contribution in [-0.2, 0) is 20.7 Å². The smallest absolute Gasteiger partial charge is 0.261 e. The van der Waals surface area contributed by atoms with Crippen molar-refractivity contribution in [2.24, 2.45) is 4.36 Å². The summed E-state index contributed by atoms with van der Waals surface area (Å²) >= 11 is 4.98. The van der Waals surface area contributed by atoms with Gasteiger partial charge in [0.05, 0.1) is 40.0 Å². The van der Waals surface area contributed by atoms with Crippen LogP contribution in [0.1, 0.15) is 47.1 Å². The van der Waals surface area contributed by atoms with Crippen molar-refractivity contribution < 1.29 is 18.1 Å². The third-order valence-electron chi connectivity index (χ3n) is 4.42. The number of benzene rings is 2. The van der Waals surface area contributed by atoms with Gasteiger partial charge in [-0.15, -0.1) is 0 Å². The van der Waals surface area contributed by atoms with E-state index in [2.05, 4.69) is 8.65 Å². The van der Waals surface area contributed by atoms with Crippen LogP contribution in [0.15, 0.2) is 57.8 Å². The van der Waals surface area contributed by atoms with Crippen molar-refractivity contribution in [1.82, 2.24) is 9.21 Å². The molecule has 1 aliphatic heterocycles. The van der Waals surface area contributed by atoms with Crippen molar-refractivity contribution in [3.63, 3.8) is 0 Å². The van der Waals surface area contributed by atoms with Crippen LogP contribution < -0.4 is 0 Å². The summed E-state index contributed by atoms with van der Waals surface area (Å²) in [4.78, 5) is 26.6. The molecule has 0 bridgehead atoms. The number of carbonyl (C=O) groups is 2. The summed E-state index contributed by atoms with van der Waals surface area (Å²) in [5, 5.41) is 0. The van der Waals surface area contributed by atoms with Gasteiger partial charge in [0, 0.05) is 21.1 Å². The van der Waals surface area contributed by atoms with Gasteiger partial charge in [0.15, 0.2) is 0 Å². The van der Waals surface area contributed by atoms with Crippen molar-refractivity contribution in [3.8, 4) is 0 Å². The second-order valence-electron chi connectivity index (χ2n) is 8.07. The van der Waals surface area contributed by atoms with Gasteiger partial charge in [-0.2, -0.15) is 0 Å².